The fourth-order valence-corrected chi connectivity index (χ4v) is 3.48. The lowest BCUT2D eigenvalue weighted by molar-refractivity contribution is -0.133. The molecule has 8 heteroatoms. The van der Waals surface area contributed by atoms with Gasteiger partial charge in [-0.3, -0.25) is 9.89 Å². The molecule has 0 radical (unpaired) electrons. The molecule has 1 aliphatic heterocycles. The molecule has 1 saturated heterocycles. The maximum Gasteiger partial charge on any atom is 0.260 e. The maximum absolute atomic E-state index is 12.4. The number of anilines is 1. The third kappa shape index (κ3) is 4.02. The van der Waals surface area contributed by atoms with Gasteiger partial charge in [0, 0.05) is 31.2 Å². The molecule has 25 heavy (non-hydrogen) atoms. The molecule has 0 spiro atoms. The number of aromatic amines is 1. The number of aromatic nitrogens is 2. The Bertz CT molecular complexity index is 751. The molecule has 0 saturated carbocycles. The van der Waals surface area contributed by atoms with E-state index in [1.54, 1.807) is 18.2 Å². The molecule has 0 atom stereocenters. The summed E-state index contributed by atoms with van der Waals surface area (Å²) in [7, 11) is 0. The number of hydrogen-bond acceptors (Lipinski definition) is 4. The summed E-state index contributed by atoms with van der Waals surface area (Å²) in [6.45, 7) is 6.81. The smallest absolute Gasteiger partial charge is 0.260 e. The number of nitrogens with zero attached hydrogens (tertiary/aromatic N) is 3. The third-order valence-electron chi connectivity index (χ3n) is 4.28. The van der Waals surface area contributed by atoms with Crippen molar-refractivity contribution < 1.29 is 9.53 Å². The Balaban J connectivity index is 1.53. The van der Waals surface area contributed by atoms with Crippen LogP contribution in [-0.2, 0) is 4.79 Å². The Hall–Kier alpha value is -1.92. The number of carbonyl (C=O) groups excluding carboxylic acids is 1. The Morgan fingerprint density at radius 2 is 1.96 bits per heavy atom. The molecule has 0 bridgehead atoms. The molecule has 1 N–H and O–H groups in total. The van der Waals surface area contributed by atoms with E-state index < -0.39 is 0 Å². The van der Waals surface area contributed by atoms with Gasteiger partial charge in [0.25, 0.3) is 5.91 Å². The largest absolute Gasteiger partial charge is 0.482 e. The summed E-state index contributed by atoms with van der Waals surface area (Å²) < 4.78 is 5.53. The molecule has 1 fully saturated rings. The first-order chi connectivity index (χ1) is 12.0. The van der Waals surface area contributed by atoms with Gasteiger partial charge in [-0.2, -0.15) is 5.10 Å². The predicted molar refractivity (Wildman–Crippen MR) is 98.8 cm³/mol. The van der Waals surface area contributed by atoms with Crippen LogP contribution in [0.1, 0.15) is 11.4 Å². The van der Waals surface area contributed by atoms with Crippen molar-refractivity contribution in [2.75, 3.05) is 37.7 Å². The average molecular weight is 383 g/mol. The average Bonchev–Trinajstić information content (AvgIpc) is 2.92. The highest BCUT2D eigenvalue weighted by molar-refractivity contribution is 6.35. The van der Waals surface area contributed by atoms with E-state index in [4.69, 9.17) is 27.9 Å². The molecule has 2 heterocycles. The monoisotopic (exact) mass is 382 g/mol. The van der Waals surface area contributed by atoms with E-state index in [9.17, 15) is 4.79 Å². The van der Waals surface area contributed by atoms with Crippen LogP contribution in [0.3, 0.4) is 0 Å². The minimum Gasteiger partial charge on any atom is -0.482 e. The number of carbonyl (C=O) groups is 1. The number of aryl methyl sites for hydroxylation is 2. The highest BCUT2D eigenvalue weighted by atomic mass is 35.5. The first-order valence-electron chi connectivity index (χ1n) is 8.08. The molecule has 0 unspecified atom stereocenters. The highest BCUT2D eigenvalue weighted by Gasteiger charge is 2.24. The van der Waals surface area contributed by atoms with Crippen LogP contribution >= 0.6 is 23.2 Å². The zero-order valence-electron chi connectivity index (χ0n) is 14.2. The van der Waals surface area contributed by atoms with Crippen LogP contribution in [0.25, 0.3) is 0 Å². The topological polar surface area (TPSA) is 61.5 Å². The lowest BCUT2D eigenvalue weighted by Gasteiger charge is -2.36. The van der Waals surface area contributed by atoms with Crippen molar-refractivity contribution in [2.24, 2.45) is 0 Å². The van der Waals surface area contributed by atoms with Crippen molar-refractivity contribution in [3.63, 3.8) is 0 Å². The van der Waals surface area contributed by atoms with Crippen LogP contribution in [0.4, 0.5) is 5.69 Å². The first kappa shape index (κ1) is 17.9. The number of ether oxygens (including phenoxy) is 1. The molecule has 1 aromatic heterocycles. The standard InChI is InChI=1S/C17H20Cl2N4O2/c1-11-17(12(2)21-20-11)23-7-5-22(6-8-23)16(24)10-25-15-4-3-13(18)9-14(15)19/h3-4,9H,5-8,10H2,1-2H3,(H,20,21). The fraction of sp³-hybridized carbons (Fsp3) is 0.412. The van der Waals surface area contributed by atoms with Crippen molar-refractivity contribution in [2.45, 2.75) is 13.8 Å². The molecule has 1 amide bonds. The van der Waals surface area contributed by atoms with Gasteiger partial charge in [-0.05, 0) is 32.0 Å². The minimum atomic E-state index is -0.0497. The van der Waals surface area contributed by atoms with Gasteiger partial charge in [-0.15, -0.1) is 0 Å². The molecular weight excluding hydrogens is 363 g/mol. The zero-order chi connectivity index (χ0) is 18.0. The highest BCUT2D eigenvalue weighted by Crippen LogP contribution is 2.27. The summed E-state index contributed by atoms with van der Waals surface area (Å²) in [6, 6.07) is 4.94. The van der Waals surface area contributed by atoms with Crippen LogP contribution < -0.4 is 9.64 Å². The van der Waals surface area contributed by atoms with Crippen LogP contribution in [0, 0.1) is 13.8 Å². The Morgan fingerprint density at radius 1 is 1.24 bits per heavy atom. The van der Waals surface area contributed by atoms with Crippen molar-refractivity contribution in [1.29, 1.82) is 0 Å². The summed E-state index contributed by atoms with van der Waals surface area (Å²) in [6.07, 6.45) is 0. The van der Waals surface area contributed by atoms with Crippen molar-refractivity contribution >= 4 is 34.8 Å². The molecule has 1 aliphatic rings. The summed E-state index contributed by atoms with van der Waals surface area (Å²) in [5.74, 6) is 0.411. The minimum absolute atomic E-state index is 0.0366. The van der Waals surface area contributed by atoms with Crippen molar-refractivity contribution in [3.8, 4) is 5.75 Å². The Labute approximate surface area is 156 Å². The molecule has 0 aliphatic carbocycles. The van der Waals surface area contributed by atoms with Gasteiger partial charge in [0.2, 0.25) is 0 Å². The molecule has 3 rings (SSSR count). The number of amides is 1. The normalized spacial score (nSPS) is 14.7. The van der Waals surface area contributed by atoms with Crippen LogP contribution in [0.2, 0.25) is 10.0 Å². The van der Waals surface area contributed by atoms with Gasteiger partial charge in [0.05, 0.1) is 22.1 Å². The zero-order valence-corrected chi connectivity index (χ0v) is 15.7. The lowest BCUT2D eigenvalue weighted by Crippen LogP contribution is -2.50. The summed E-state index contributed by atoms with van der Waals surface area (Å²) >= 11 is 11.9. The molecular formula is C17H20Cl2N4O2. The van der Waals surface area contributed by atoms with E-state index in [2.05, 4.69) is 15.1 Å². The van der Waals surface area contributed by atoms with Gasteiger partial charge >= 0.3 is 0 Å². The molecule has 1 aromatic carbocycles. The second kappa shape index (κ2) is 7.54. The molecule has 2 aromatic rings. The van der Waals surface area contributed by atoms with Crippen molar-refractivity contribution in [3.05, 3.63) is 39.6 Å². The van der Waals surface area contributed by atoms with Crippen LogP contribution in [-0.4, -0.2) is 53.8 Å². The van der Waals surface area contributed by atoms with Crippen LogP contribution in [0.15, 0.2) is 18.2 Å². The number of H-pyrrole nitrogens is 1. The van der Waals surface area contributed by atoms with Gasteiger partial charge in [0.15, 0.2) is 6.61 Å². The number of nitrogens with one attached hydrogen (secondary N) is 1. The Kier molecular flexibility index (Phi) is 5.39. The molecule has 134 valence electrons. The van der Waals surface area contributed by atoms with Gasteiger partial charge in [0.1, 0.15) is 5.75 Å². The van der Waals surface area contributed by atoms with Gasteiger partial charge < -0.3 is 14.5 Å². The van der Waals surface area contributed by atoms with E-state index in [-0.39, 0.29) is 12.5 Å². The summed E-state index contributed by atoms with van der Waals surface area (Å²) in [5.41, 5.74) is 3.17. The summed E-state index contributed by atoms with van der Waals surface area (Å²) in [5, 5.41) is 8.17. The van der Waals surface area contributed by atoms with E-state index >= 15 is 0 Å². The van der Waals surface area contributed by atoms with Gasteiger partial charge in [-0.25, -0.2) is 0 Å². The Morgan fingerprint density at radius 3 is 2.56 bits per heavy atom. The third-order valence-corrected chi connectivity index (χ3v) is 4.81. The predicted octanol–water partition coefficient (Wildman–Crippen LogP) is 3.06. The van der Waals surface area contributed by atoms with E-state index in [1.165, 1.54) is 0 Å². The van der Waals surface area contributed by atoms with Crippen LogP contribution in [0.5, 0.6) is 5.75 Å². The van der Waals surface area contributed by atoms with Gasteiger partial charge in [-0.1, -0.05) is 23.2 Å². The number of rotatable bonds is 4. The second-order valence-electron chi connectivity index (χ2n) is 6.01. The fourth-order valence-electron chi connectivity index (χ4n) is 3.01. The van der Waals surface area contributed by atoms with Crippen molar-refractivity contribution in [1.82, 2.24) is 15.1 Å². The SMILES string of the molecule is Cc1n[nH]c(C)c1N1CCN(C(=O)COc2ccc(Cl)cc2Cl)CC1. The number of halogens is 2. The number of piperazine rings is 1. The summed E-state index contributed by atoms with van der Waals surface area (Å²) in [4.78, 5) is 16.4. The first-order valence-corrected chi connectivity index (χ1v) is 8.83. The van der Waals surface area contributed by atoms with E-state index in [0.29, 0.717) is 28.9 Å². The van der Waals surface area contributed by atoms with E-state index in [1.807, 2.05) is 18.7 Å². The maximum atomic E-state index is 12.4. The van der Waals surface area contributed by atoms with E-state index in [0.717, 1.165) is 30.2 Å². The number of benzene rings is 1. The lowest BCUT2D eigenvalue weighted by atomic mass is 10.2. The quantitative estimate of drug-likeness (QED) is 0.882. The molecule has 6 nitrogen and oxygen atoms in total. The number of hydrogen-bond donors (Lipinski definition) is 1. The second-order valence-corrected chi connectivity index (χ2v) is 6.86.